The molecule has 0 amide bonds. The van der Waals surface area contributed by atoms with Gasteiger partial charge in [0.1, 0.15) is 0 Å². The third kappa shape index (κ3) is 3.93. The molecule has 1 atom stereocenters. The molecule has 0 saturated carbocycles. The van der Waals surface area contributed by atoms with Crippen LogP contribution in [0.2, 0.25) is 0 Å². The van der Waals surface area contributed by atoms with Crippen LogP contribution in [-0.4, -0.2) is 31.1 Å². The Balaban J connectivity index is 0.00000220. The first kappa shape index (κ1) is 18.3. The molecule has 0 aliphatic carbocycles. The second kappa shape index (κ2) is 7.03. The van der Waals surface area contributed by atoms with Crippen molar-refractivity contribution in [3.63, 3.8) is 0 Å². The molecule has 1 aromatic rings. The normalized spacial score (nSPS) is 18.2. The maximum atomic E-state index is 14.4. The average Bonchev–Trinajstić information content (AvgIpc) is 2.39. The van der Waals surface area contributed by atoms with Gasteiger partial charge in [0.05, 0.1) is 0 Å². The molecule has 2 rings (SSSR count). The summed E-state index contributed by atoms with van der Waals surface area (Å²) in [6, 6.07) is 3.31. The molecule has 0 unspecified atom stereocenters. The van der Waals surface area contributed by atoms with Crippen LogP contribution in [-0.2, 0) is 0 Å². The minimum atomic E-state index is -0.716. The lowest BCUT2D eigenvalue weighted by Crippen LogP contribution is -2.48. The van der Waals surface area contributed by atoms with E-state index in [1.54, 1.807) is 19.1 Å². The van der Waals surface area contributed by atoms with Crippen molar-refractivity contribution >= 4 is 12.4 Å². The van der Waals surface area contributed by atoms with Crippen LogP contribution in [0.3, 0.4) is 0 Å². The minimum Gasteiger partial charge on any atom is -0.314 e. The number of hydrogen-bond donors (Lipinski definition) is 1. The van der Waals surface area contributed by atoms with E-state index in [1.807, 2.05) is 0 Å². The van der Waals surface area contributed by atoms with Crippen LogP contribution in [0.1, 0.15) is 37.9 Å². The zero-order chi connectivity index (χ0) is 14.9. The SMILES string of the molecule is Cc1ccc([C@@H](N2CCNCC2)C(C)(C)C)c(F)c1F.Cl. The predicted molar refractivity (Wildman–Crippen MR) is 85.0 cm³/mol. The second-order valence-electron chi connectivity index (χ2n) is 6.65. The van der Waals surface area contributed by atoms with Gasteiger partial charge in [0.15, 0.2) is 11.6 Å². The first-order valence-corrected chi connectivity index (χ1v) is 7.21. The van der Waals surface area contributed by atoms with Gasteiger partial charge in [-0.15, -0.1) is 12.4 Å². The molecule has 1 N–H and O–H groups in total. The van der Waals surface area contributed by atoms with E-state index in [0.29, 0.717) is 11.1 Å². The summed E-state index contributed by atoms with van der Waals surface area (Å²) in [6.45, 7) is 11.3. The van der Waals surface area contributed by atoms with Gasteiger partial charge in [-0.1, -0.05) is 32.9 Å². The third-order valence-electron chi connectivity index (χ3n) is 3.94. The highest BCUT2D eigenvalue weighted by Gasteiger charge is 2.35. The van der Waals surface area contributed by atoms with E-state index in [1.165, 1.54) is 0 Å². The van der Waals surface area contributed by atoms with Gasteiger partial charge in [-0.05, 0) is 17.9 Å². The molecule has 1 aromatic carbocycles. The van der Waals surface area contributed by atoms with Crippen LogP contribution < -0.4 is 5.32 Å². The van der Waals surface area contributed by atoms with E-state index in [2.05, 4.69) is 31.0 Å². The summed E-state index contributed by atoms with van der Waals surface area (Å²) in [7, 11) is 0. The zero-order valence-electron chi connectivity index (χ0n) is 13.2. The predicted octanol–water partition coefficient (Wildman–Crippen LogP) is 3.69. The lowest BCUT2D eigenvalue weighted by atomic mass is 9.80. The number of piperazine rings is 1. The van der Waals surface area contributed by atoms with Gasteiger partial charge in [0, 0.05) is 37.8 Å². The molecule has 0 radical (unpaired) electrons. The van der Waals surface area contributed by atoms with E-state index in [9.17, 15) is 8.78 Å². The molecule has 1 saturated heterocycles. The molecule has 1 aliphatic heterocycles. The Morgan fingerprint density at radius 1 is 1.10 bits per heavy atom. The van der Waals surface area contributed by atoms with Gasteiger partial charge < -0.3 is 5.32 Å². The fourth-order valence-corrected chi connectivity index (χ4v) is 3.02. The van der Waals surface area contributed by atoms with Crippen LogP contribution in [0.5, 0.6) is 0 Å². The number of rotatable bonds is 2. The molecule has 0 spiro atoms. The maximum absolute atomic E-state index is 14.4. The molecule has 21 heavy (non-hydrogen) atoms. The monoisotopic (exact) mass is 318 g/mol. The van der Waals surface area contributed by atoms with Gasteiger partial charge in [0.2, 0.25) is 0 Å². The fraction of sp³-hybridized carbons (Fsp3) is 0.625. The van der Waals surface area contributed by atoms with Gasteiger partial charge in [-0.3, -0.25) is 4.90 Å². The van der Waals surface area contributed by atoms with Crippen LogP contribution in [0.4, 0.5) is 8.78 Å². The molecular formula is C16H25ClF2N2. The molecule has 1 fully saturated rings. The summed E-state index contributed by atoms with van der Waals surface area (Å²) in [5, 5.41) is 3.30. The molecule has 5 heteroatoms. The van der Waals surface area contributed by atoms with Crippen molar-refractivity contribution in [3.05, 3.63) is 34.9 Å². The standard InChI is InChI=1S/C16H24F2N2.ClH/c1-11-5-6-12(14(18)13(11)17)15(16(2,3)4)20-9-7-19-8-10-20;/h5-6,15,19H,7-10H2,1-4H3;1H/t15-;/m1./s1. The number of nitrogens with zero attached hydrogens (tertiary/aromatic N) is 1. The first-order valence-electron chi connectivity index (χ1n) is 7.21. The Bertz CT molecular complexity index is 480. The smallest absolute Gasteiger partial charge is 0.163 e. The van der Waals surface area contributed by atoms with Crippen molar-refractivity contribution in [2.24, 2.45) is 5.41 Å². The Morgan fingerprint density at radius 2 is 1.67 bits per heavy atom. The highest BCUT2D eigenvalue weighted by molar-refractivity contribution is 5.85. The van der Waals surface area contributed by atoms with Gasteiger partial charge in [-0.2, -0.15) is 0 Å². The van der Waals surface area contributed by atoms with Crippen molar-refractivity contribution in [2.75, 3.05) is 26.2 Å². The van der Waals surface area contributed by atoms with Crippen LogP contribution in [0, 0.1) is 24.0 Å². The molecule has 0 bridgehead atoms. The van der Waals surface area contributed by atoms with E-state index >= 15 is 0 Å². The highest BCUT2D eigenvalue weighted by Crippen LogP contribution is 2.39. The summed E-state index contributed by atoms with van der Waals surface area (Å²) in [5.41, 5.74) is 0.682. The minimum absolute atomic E-state index is 0. The van der Waals surface area contributed by atoms with E-state index in [0.717, 1.165) is 26.2 Å². The summed E-state index contributed by atoms with van der Waals surface area (Å²) in [5.74, 6) is -1.41. The van der Waals surface area contributed by atoms with Crippen molar-refractivity contribution in [3.8, 4) is 0 Å². The van der Waals surface area contributed by atoms with E-state index < -0.39 is 11.6 Å². The quantitative estimate of drug-likeness (QED) is 0.894. The van der Waals surface area contributed by atoms with Gasteiger partial charge in [-0.25, -0.2) is 8.78 Å². The lowest BCUT2D eigenvalue weighted by Gasteiger charge is -2.42. The Hall–Kier alpha value is -0.710. The van der Waals surface area contributed by atoms with Crippen LogP contribution in [0.25, 0.3) is 0 Å². The van der Waals surface area contributed by atoms with E-state index in [4.69, 9.17) is 0 Å². The summed E-state index contributed by atoms with van der Waals surface area (Å²) >= 11 is 0. The molecule has 1 heterocycles. The van der Waals surface area contributed by atoms with Gasteiger partial charge in [0.25, 0.3) is 0 Å². The summed E-state index contributed by atoms with van der Waals surface area (Å²) in [4.78, 5) is 2.25. The largest absolute Gasteiger partial charge is 0.314 e. The third-order valence-corrected chi connectivity index (χ3v) is 3.94. The second-order valence-corrected chi connectivity index (χ2v) is 6.65. The van der Waals surface area contributed by atoms with Crippen molar-refractivity contribution in [1.82, 2.24) is 10.2 Å². The molecule has 120 valence electrons. The lowest BCUT2D eigenvalue weighted by molar-refractivity contribution is 0.0828. The first-order chi connectivity index (χ1) is 9.32. The van der Waals surface area contributed by atoms with Crippen LogP contribution in [0.15, 0.2) is 12.1 Å². The molecule has 2 nitrogen and oxygen atoms in total. The number of nitrogens with one attached hydrogen (secondary N) is 1. The average molecular weight is 319 g/mol. The van der Waals surface area contributed by atoms with Gasteiger partial charge >= 0.3 is 0 Å². The fourth-order valence-electron chi connectivity index (χ4n) is 3.02. The number of hydrogen-bond acceptors (Lipinski definition) is 2. The number of aryl methyl sites for hydroxylation is 1. The molecular weight excluding hydrogens is 294 g/mol. The number of halogens is 3. The molecule has 1 aliphatic rings. The highest BCUT2D eigenvalue weighted by atomic mass is 35.5. The topological polar surface area (TPSA) is 15.3 Å². The summed E-state index contributed by atoms with van der Waals surface area (Å²) in [6.07, 6.45) is 0. The maximum Gasteiger partial charge on any atom is 0.163 e. The number of benzene rings is 1. The Labute approximate surface area is 132 Å². The van der Waals surface area contributed by atoms with Crippen molar-refractivity contribution < 1.29 is 8.78 Å². The zero-order valence-corrected chi connectivity index (χ0v) is 14.0. The van der Waals surface area contributed by atoms with E-state index in [-0.39, 0.29) is 23.9 Å². The van der Waals surface area contributed by atoms with Crippen molar-refractivity contribution in [2.45, 2.75) is 33.7 Å². The van der Waals surface area contributed by atoms with Crippen molar-refractivity contribution in [1.29, 1.82) is 0 Å². The Morgan fingerprint density at radius 3 is 2.19 bits per heavy atom. The Kier molecular flexibility index (Phi) is 6.14. The molecule has 0 aromatic heterocycles. The van der Waals surface area contributed by atoms with Crippen LogP contribution >= 0.6 is 12.4 Å². The summed E-state index contributed by atoms with van der Waals surface area (Å²) < 4.78 is 28.3.